The van der Waals surface area contributed by atoms with Crippen LogP contribution in [0.3, 0.4) is 0 Å². The van der Waals surface area contributed by atoms with Gasteiger partial charge in [-0.3, -0.25) is 4.79 Å². The molecule has 4 nitrogen and oxygen atoms in total. The van der Waals surface area contributed by atoms with Crippen LogP contribution in [0, 0.1) is 6.92 Å². The Morgan fingerprint density at radius 2 is 1.80 bits per heavy atom. The summed E-state index contributed by atoms with van der Waals surface area (Å²) in [7, 11) is 1.74. The van der Waals surface area contributed by atoms with Gasteiger partial charge in [0.05, 0.1) is 6.54 Å². The highest BCUT2D eigenvalue weighted by molar-refractivity contribution is 7.80. The van der Waals surface area contributed by atoms with E-state index in [1.165, 1.54) is 0 Å². The van der Waals surface area contributed by atoms with Crippen molar-refractivity contribution in [1.29, 1.82) is 0 Å². The Labute approximate surface area is 123 Å². The predicted octanol–water partition coefficient (Wildman–Crippen LogP) is 2.49. The van der Waals surface area contributed by atoms with Gasteiger partial charge < -0.3 is 15.1 Å². The molecule has 2 rings (SSSR count). The number of nitrogens with two attached hydrogens (primary N) is 1. The second-order valence-corrected chi connectivity index (χ2v) is 5.06. The molecule has 2 N–H and O–H groups in total. The molecule has 104 valence electrons. The Balaban J connectivity index is 2.08. The molecule has 1 aromatic carbocycles. The summed E-state index contributed by atoms with van der Waals surface area (Å²) < 4.78 is 5.46. The van der Waals surface area contributed by atoms with E-state index in [0.717, 1.165) is 17.1 Å². The molecule has 2 aromatic rings. The molecule has 0 aliphatic carbocycles. The fraction of sp³-hybridized carbons (Fsp3) is 0.200. The zero-order chi connectivity index (χ0) is 14.7. The van der Waals surface area contributed by atoms with Crippen LogP contribution >= 0.6 is 12.2 Å². The Hall–Kier alpha value is -2.14. The largest absolute Gasteiger partial charge is 0.464 e. The lowest BCUT2D eigenvalue weighted by Crippen LogP contribution is -2.26. The first-order valence-corrected chi connectivity index (χ1v) is 6.59. The predicted molar refractivity (Wildman–Crippen MR) is 81.6 cm³/mol. The van der Waals surface area contributed by atoms with Crippen LogP contribution in [-0.2, 0) is 6.54 Å². The number of amides is 1. The van der Waals surface area contributed by atoms with Crippen LogP contribution in [0.4, 0.5) is 0 Å². The highest BCUT2D eigenvalue weighted by atomic mass is 32.1. The van der Waals surface area contributed by atoms with Crippen molar-refractivity contribution >= 4 is 23.1 Å². The van der Waals surface area contributed by atoms with Gasteiger partial charge in [0.25, 0.3) is 5.91 Å². The van der Waals surface area contributed by atoms with Gasteiger partial charge in [0.1, 0.15) is 16.5 Å². The van der Waals surface area contributed by atoms with Crippen LogP contribution in [0.25, 0.3) is 0 Å². The molecule has 5 heteroatoms. The minimum atomic E-state index is -0.0754. The maximum Gasteiger partial charge on any atom is 0.254 e. The molecule has 1 aromatic heterocycles. The van der Waals surface area contributed by atoms with Crippen LogP contribution < -0.4 is 5.73 Å². The van der Waals surface area contributed by atoms with Gasteiger partial charge in [0.15, 0.2) is 0 Å². The maximum atomic E-state index is 12.3. The van der Waals surface area contributed by atoms with Gasteiger partial charge >= 0.3 is 0 Å². The molecule has 0 spiro atoms. The summed E-state index contributed by atoms with van der Waals surface area (Å²) in [4.78, 5) is 14.2. The number of rotatable bonds is 4. The third kappa shape index (κ3) is 3.24. The third-order valence-electron chi connectivity index (χ3n) is 2.95. The summed E-state index contributed by atoms with van der Waals surface area (Å²) in [5, 5.41) is 0. The molecule has 0 aliphatic rings. The smallest absolute Gasteiger partial charge is 0.254 e. The lowest BCUT2D eigenvalue weighted by atomic mass is 10.1. The van der Waals surface area contributed by atoms with E-state index >= 15 is 0 Å². The summed E-state index contributed by atoms with van der Waals surface area (Å²) in [5.74, 6) is 1.52. The molecule has 0 fully saturated rings. The van der Waals surface area contributed by atoms with Crippen molar-refractivity contribution in [3.63, 3.8) is 0 Å². The molecule has 0 saturated carbocycles. The molecule has 1 heterocycles. The summed E-state index contributed by atoms with van der Waals surface area (Å²) in [5.41, 5.74) is 6.87. The van der Waals surface area contributed by atoms with Crippen molar-refractivity contribution in [2.75, 3.05) is 7.05 Å². The number of thiocarbonyl (C=S) groups is 1. The number of furan rings is 1. The highest BCUT2D eigenvalue weighted by Gasteiger charge is 2.13. The van der Waals surface area contributed by atoms with Gasteiger partial charge in [0, 0.05) is 18.2 Å². The standard InChI is InChI=1S/C15H16N2O2S/c1-10-3-8-13(19-10)9-17(2)15(18)12-6-4-11(5-7-12)14(16)20/h3-8H,9H2,1-2H3,(H2,16,20). The first-order valence-electron chi connectivity index (χ1n) is 6.18. The maximum absolute atomic E-state index is 12.3. The molecule has 1 amide bonds. The first-order chi connectivity index (χ1) is 9.47. The SMILES string of the molecule is Cc1ccc(CN(C)C(=O)c2ccc(C(N)=S)cc2)o1. The van der Waals surface area contributed by atoms with Gasteiger partial charge in [-0.15, -0.1) is 0 Å². The second-order valence-electron chi connectivity index (χ2n) is 4.62. The zero-order valence-corrected chi connectivity index (χ0v) is 12.2. The Kier molecular flexibility index (Phi) is 4.20. The second kappa shape index (κ2) is 5.88. The first kappa shape index (κ1) is 14.3. The number of carbonyl (C=O) groups excluding carboxylic acids is 1. The minimum Gasteiger partial charge on any atom is -0.464 e. The van der Waals surface area contributed by atoms with E-state index in [4.69, 9.17) is 22.4 Å². The van der Waals surface area contributed by atoms with Gasteiger partial charge in [-0.25, -0.2) is 0 Å². The monoisotopic (exact) mass is 288 g/mol. The quantitative estimate of drug-likeness (QED) is 0.878. The molecule has 0 radical (unpaired) electrons. The van der Waals surface area contributed by atoms with Crippen molar-refractivity contribution in [2.45, 2.75) is 13.5 Å². The molecule has 20 heavy (non-hydrogen) atoms. The van der Waals surface area contributed by atoms with E-state index in [0.29, 0.717) is 17.1 Å². The molecule has 0 unspecified atom stereocenters. The Morgan fingerprint density at radius 3 is 2.30 bits per heavy atom. The number of hydrogen-bond donors (Lipinski definition) is 1. The summed E-state index contributed by atoms with van der Waals surface area (Å²) in [6.45, 7) is 2.31. The van der Waals surface area contributed by atoms with Crippen molar-refractivity contribution in [2.24, 2.45) is 5.73 Å². The molecule has 0 bridgehead atoms. The van der Waals surface area contributed by atoms with E-state index < -0.39 is 0 Å². The van der Waals surface area contributed by atoms with Crippen molar-refractivity contribution in [3.05, 3.63) is 59.0 Å². The fourth-order valence-corrected chi connectivity index (χ4v) is 2.01. The molecule has 0 atom stereocenters. The number of hydrogen-bond acceptors (Lipinski definition) is 3. The summed E-state index contributed by atoms with van der Waals surface area (Å²) in [6.07, 6.45) is 0. The lowest BCUT2D eigenvalue weighted by Gasteiger charge is -2.16. The Morgan fingerprint density at radius 1 is 1.20 bits per heavy atom. The van der Waals surface area contributed by atoms with Gasteiger partial charge in [-0.1, -0.05) is 24.4 Å². The normalized spacial score (nSPS) is 10.3. The van der Waals surface area contributed by atoms with E-state index in [2.05, 4.69) is 0 Å². The van der Waals surface area contributed by atoms with E-state index in [9.17, 15) is 4.79 Å². The van der Waals surface area contributed by atoms with E-state index in [1.807, 2.05) is 19.1 Å². The minimum absolute atomic E-state index is 0.0754. The average molecular weight is 288 g/mol. The van der Waals surface area contributed by atoms with Crippen LogP contribution in [0.15, 0.2) is 40.8 Å². The zero-order valence-electron chi connectivity index (χ0n) is 11.4. The van der Waals surface area contributed by atoms with Gasteiger partial charge in [0.2, 0.25) is 0 Å². The molecular formula is C15H16N2O2S. The molecule has 0 saturated heterocycles. The highest BCUT2D eigenvalue weighted by Crippen LogP contribution is 2.12. The van der Waals surface area contributed by atoms with E-state index in [-0.39, 0.29) is 5.91 Å². The number of carbonyl (C=O) groups is 1. The van der Waals surface area contributed by atoms with Crippen LogP contribution in [0.1, 0.15) is 27.4 Å². The van der Waals surface area contributed by atoms with E-state index in [1.54, 1.807) is 36.2 Å². The van der Waals surface area contributed by atoms with Gasteiger partial charge in [-0.2, -0.15) is 0 Å². The van der Waals surface area contributed by atoms with Crippen molar-refractivity contribution in [1.82, 2.24) is 4.90 Å². The van der Waals surface area contributed by atoms with Crippen LogP contribution in [-0.4, -0.2) is 22.8 Å². The van der Waals surface area contributed by atoms with Crippen molar-refractivity contribution in [3.8, 4) is 0 Å². The average Bonchev–Trinajstić information content (AvgIpc) is 2.83. The lowest BCUT2D eigenvalue weighted by molar-refractivity contribution is 0.0775. The van der Waals surface area contributed by atoms with Crippen LogP contribution in [0.5, 0.6) is 0 Å². The fourth-order valence-electron chi connectivity index (χ4n) is 1.87. The third-order valence-corrected chi connectivity index (χ3v) is 3.19. The molecular weight excluding hydrogens is 272 g/mol. The summed E-state index contributed by atoms with van der Waals surface area (Å²) in [6, 6.07) is 10.7. The number of aryl methyl sites for hydroxylation is 1. The molecule has 0 aliphatic heterocycles. The topological polar surface area (TPSA) is 59.5 Å². The van der Waals surface area contributed by atoms with Crippen LogP contribution in [0.2, 0.25) is 0 Å². The number of nitrogens with zero attached hydrogens (tertiary/aromatic N) is 1. The Bertz CT molecular complexity index is 632. The number of benzene rings is 1. The van der Waals surface area contributed by atoms with Crippen molar-refractivity contribution < 1.29 is 9.21 Å². The summed E-state index contributed by atoms with van der Waals surface area (Å²) >= 11 is 4.88. The van der Waals surface area contributed by atoms with Gasteiger partial charge in [-0.05, 0) is 31.2 Å².